The van der Waals surface area contributed by atoms with Crippen LogP contribution in [0.2, 0.25) is 0 Å². The van der Waals surface area contributed by atoms with Gasteiger partial charge >= 0.3 is 0 Å². The first-order valence-corrected chi connectivity index (χ1v) is 24.1. The normalized spacial score (nSPS) is 17.6. The molecule has 0 spiro atoms. The van der Waals surface area contributed by atoms with E-state index in [1.807, 2.05) is 0 Å². The highest BCUT2D eigenvalue weighted by molar-refractivity contribution is 5.98. The number of benzene rings is 10. The van der Waals surface area contributed by atoms with E-state index in [0.29, 0.717) is 0 Å². The van der Waals surface area contributed by atoms with Gasteiger partial charge in [0, 0.05) is 33.2 Å². The molecule has 324 valence electrons. The summed E-state index contributed by atoms with van der Waals surface area (Å²) in [5.74, 6) is 0. The summed E-state index contributed by atoms with van der Waals surface area (Å²) >= 11 is 0. The lowest BCUT2D eigenvalue weighted by molar-refractivity contribution is 0.662. The van der Waals surface area contributed by atoms with E-state index in [0.717, 1.165) is 11.4 Å². The Morgan fingerprint density at radius 1 is 0.294 bits per heavy atom. The van der Waals surface area contributed by atoms with Gasteiger partial charge in [-0.3, -0.25) is 0 Å². The average molecular weight is 870 g/mol. The van der Waals surface area contributed by atoms with Crippen molar-refractivity contribution in [1.82, 2.24) is 0 Å². The van der Waals surface area contributed by atoms with Gasteiger partial charge in [0.1, 0.15) is 0 Å². The highest BCUT2D eigenvalue weighted by Crippen LogP contribution is 2.59. The van der Waals surface area contributed by atoms with Gasteiger partial charge in [-0.15, -0.1) is 0 Å². The molecule has 0 radical (unpaired) electrons. The average Bonchev–Trinajstić information content (AvgIpc) is 3.92. The lowest BCUT2D eigenvalue weighted by atomic mass is 9.74. The molecule has 0 fully saturated rings. The van der Waals surface area contributed by atoms with E-state index in [1.54, 1.807) is 0 Å². The van der Waals surface area contributed by atoms with Crippen LogP contribution in [-0.4, -0.2) is 0 Å². The van der Waals surface area contributed by atoms with Crippen molar-refractivity contribution in [3.05, 3.63) is 281 Å². The van der Waals surface area contributed by atoms with E-state index in [9.17, 15) is 0 Å². The van der Waals surface area contributed by atoms with Gasteiger partial charge in [0.25, 0.3) is 0 Å². The molecular weight excluding hydrogens is 819 g/mol. The Labute approximate surface area is 400 Å². The third kappa shape index (κ3) is 5.63. The summed E-state index contributed by atoms with van der Waals surface area (Å²) in [6, 6.07) is 88.5. The summed E-state index contributed by atoms with van der Waals surface area (Å²) in [6.07, 6.45) is 0. The fourth-order valence-corrected chi connectivity index (χ4v) is 12.8. The maximum absolute atomic E-state index is 2.53. The molecule has 2 atom stereocenters. The van der Waals surface area contributed by atoms with Crippen molar-refractivity contribution >= 4 is 17.1 Å². The minimum absolute atomic E-state index is 0.126. The predicted octanol–water partition coefficient (Wildman–Crippen LogP) is 17.5. The highest BCUT2D eigenvalue weighted by Gasteiger charge is 2.44. The van der Waals surface area contributed by atoms with Gasteiger partial charge in [0.05, 0.1) is 5.69 Å². The quantitative estimate of drug-likeness (QED) is 0.154. The molecule has 1 heteroatoms. The molecule has 10 aromatic carbocycles. The molecule has 0 aromatic heterocycles. The second-order valence-corrected chi connectivity index (χ2v) is 19.8. The second-order valence-electron chi connectivity index (χ2n) is 19.8. The Morgan fingerprint density at radius 3 is 1.40 bits per heavy atom. The van der Waals surface area contributed by atoms with Gasteiger partial charge in [-0.25, -0.2) is 0 Å². The van der Waals surface area contributed by atoms with E-state index in [2.05, 4.69) is 269 Å². The molecule has 10 aromatic rings. The van der Waals surface area contributed by atoms with Gasteiger partial charge in [0.2, 0.25) is 0 Å². The minimum Gasteiger partial charge on any atom is -0.310 e. The molecule has 0 aliphatic heterocycles. The number of hydrogen-bond acceptors (Lipinski definition) is 1. The molecule has 2 unspecified atom stereocenters. The maximum atomic E-state index is 2.53. The topological polar surface area (TPSA) is 3.24 Å². The number of rotatable bonds is 7. The fourth-order valence-electron chi connectivity index (χ4n) is 12.8. The van der Waals surface area contributed by atoms with Crippen molar-refractivity contribution in [3.8, 4) is 55.6 Å². The molecule has 0 saturated heterocycles. The molecule has 0 amide bonds. The lowest BCUT2D eigenvalue weighted by Crippen LogP contribution is -2.23. The molecule has 0 heterocycles. The van der Waals surface area contributed by atoms with Gasteiger partial charge in [-0.1, -0.05) is 220 Å². The summed E-state index contributed by atoms with van der Waals surface area (Å²) in [7, 11) is 0. The van der Waals surface area contributed by atoms with Gasteiger partial charge in [-0.2, -0.15) is 0 Å². The Balaban J connectivity index is 1.01. The van der Waals surface area contributed by atoms with Crippen molar-refractivity contribution in [1.29, 1.82) is 0 Å². The zero-order valence-electron chi connectivity index (χ0n) is 39.0. The monoisotopic (exact) mass is 869 g/mol. The van der Waals surface area contributed by atoms with E-state index >= 15 is 0 Å². The first-order chi connectivity index (χ1) is 33.3. The van der Waals surface area contributed by atoms with Crippen LogP contribution in [0.15, 0.2) is 237 Å². The standard InChI is InChI=1S/C67H51N/c1-65(2)57-32-16-13-28-52(57)55-31-19-30-54(64(55)65)50-26-12-11-25-49(50)44-37-39-47(40-38-44)68(48-41-42-53-51-27-14-17-33-58(51)67(4,61(53)43-48)46-23-9-6-10-24-46)62-36-20-35-60-63(62)56-29-15-18-34-59(56)66(60,3)45-21-7-5-8-22-45/h5-43H,1-4H3. The van der Waals surface area contributed by atoms with Gasteiger partial charge in [0.15, 0.2) is 0 Å². The van der Waals surface area contributed by atoms with Crippen LogP contribution in [0, 0.1) is 0 Å². The molecule has 0 N–H and O–H groups in total. The van der Waals surface area contributed by atoms with Crippen LogP contribution in [0.3, 0.4) is 0 Å². The number of fused-ring (bicyclic) bond motifs is 9. The van der Waals surface area contributed by atoms with Crippen LogP contribution < -0.4 is 4.90 Å². The minimum atomic E-state index is -0.340. The Kier molecular flexibility index (Phi) is 8.89. The van der Waals surface area contributed by atoms with Crippen LogP contribution in [0.1, 0.15) is 72.2 Å². The van der Waals surface area contributed by atoms with Crippen LogP contribution in [0.25, 0.3) is 55.6 Å². The molecule has 3 aliphatic carbocycles. The summed E-state index contributed by atoms with van der Waals surface area (Å²) < 4.78 is 0. The SMILES string of the molecule is CC1(C)c2ccccc2-c2cccc(-c3ccccc3-c3ccc(N(c4ccc5c(c4)C(C)(c4ccccc4)c4ccccc4-5)c4cccc5c4-c4ccccc4C5(C)c4ccccc4)cc3)c21. The smallest absolute Gasteiger partial charge is 0.0543 e. The number of nitrogens with zero attached hydrogens (tertiary/aromatic N) is 1. The zero-order chi connectivity index (χ0) is 45.8. The molecule has 0 bridgehead atoms. The van der Waals surface area contributed by atoms with Crippen molar-refractivity contribution in [3.63, 3.8) is 0 Å². The van der Waals surface area contributed by atoms with Gasteiger partial charge < -0.3 is 4.90 Å². The van der Waals surface area contributed by atoms with Gasteiger partial charge in [-0.05, 0) is 139 Å². The van der Waals surface area contributed by atoms with E-state index in [1.165, 1.54) is 106 Å². The molecule has 0 saturated carbocycles. The molecule has 68 heavy (non-hydrogen) atoms. The Bertz CT molecular complexity index is 3620. The summed E-state index contributed by atoms with van der Waals surface area (Å²) in [6.45, 7) is 9.59. The van der Waals surface area contributed by atoms with Crippen LogP contribution >= 0.6 is 0 Å². The third-order valence-electron chi connectivity index (χ3n) is 16.0. The van der Waals surface area contributed by atoms with E-state index in [-0.39, 0.29) is 16.2 Å². The number of anilines is 3. The van der Waals surface area contributed by atoms with Crippen LogP contribution in [0.4, 0.5) is 17.1 Å². The lowest BCUT2D eigenvalue weighted by Gasteiger charge is -2.32. The maximum Gasteiger partial charge on any atom is 0.0543 e. The molecular formula is C67H51N. The van der Waals surface area contributed by atoms with Crippen molar-refractivity contribution in [2.45, 2.75) is 43.9 Å². The molecule has 13 rings (SSSR count). The van der Waals surface area contributed by atoms with Crippen molar-refractivity contribution in [2.75, 3.05) is 4.90 Å². The Morgan fingerprint density at radius 2 is 0.735 bits per heavy atom. The second kappa shape index (κ2) is 15.0. The third-order valence-corrected chi connectivity index (χ3v) is 16.0. The van der Waals surface area contributed by atoms with Crippen LogP contribution in [-0.2, 0) is 16.2 Å². The fraction of sp³-hybridized carbons (Fsp3) is 0.104. The summed E-state index contributed by atoms with van der Waals surface area (Å²) in [5.41, 5.74) is 26.1. The zero-order valence-corrected chi connectivity index (χ0v) is 39.0. The van der Waals surface area contributed by atoms with Crippen LogP contribution in [0.5, 0.6) is 0 Å². The number of hydrogen-bond donors (Lipinski definition) is 0. The first-order valence-electron chi connectivity index (χ1n) is 24.1. The summed E-state index contributed by atoms with van der Waals surface area (Å²) in [5, 5.41) is 0. The summed E-state index contributed by atoms with van der Waals surface area (Å²) in [4.78, 5) is 2.53. The largest absolute Gasteiger partial charge is 0.310 e. The van der Waals surface area contributed by atoms with Crippen molar-refractivity contribution < 1.29 is 0 Å². The molecule has 3 aliphatic rings. The first kappa shape index (κ1) is 40.3. The highest BCUT2D eigenvalue weighted by atomic mass is 15.1. The van der Waals surface area contributed by atoms with E-state index in [4.69, 9.17) is 0 Å². The van der Waals surface area contributed by atoms with Crippen molar-refractivity contribution in [2.24, 2.45) is 0 Å². The Hall–Kier alpha value is -8.00. The predicted molar refractivity (Wildman–Crippen MR) is 284 cm³/mol. The van der Waals surface area contributed by atoms with E-state index < -0.39 is 0 Å². The molecule has 1 nitrogen and oxygen atoms in total.